The number of carbonyl (C=O) groups excluding carboxylic acids is 1. The van der Waals surface area contributed by atoms with Crippen LogP contribution in [0.2, 0.25) is 0 Å². The van der Waals surface area contributed by atoms with Crippen LogP contribution in [0, 0.1) is 17.7 Å². The molecule has 0 fully saturated rings. The summed E-state index contributed by atoms with van der Waals surface area (Å²) in [6.45, 7) is 4.56. The van der Waals surface area contributed by atoms with Crippen LogP contribution in [0.15, 0.2) is 54.9 Å². The van der Waals surface area contributed by atoms with Crippen LogP contribution in [0.3, 0.4) is 0 Å². The Hall–Kier alpha value is -4.33. The summed E-state index contributed by atoms with van der Waals surface area (Å²) >= 11 is 0. The highest BCUT2D eigenvalue weighted by Crippen LogP contribution is 2.23. The number of nitrogens with one attached hydrogen (secondary N) is 3. The van der Waals surface area contributed by atoms with Crippen LogP contribution < -0.4 is 10.6 Å². The number of aromatic amines is 1. The molecule has 2 aromatic carbocycles. The molecule has 10 heteroatoms. The summed E-state index contributed by atoms with van der Waals surface area (Å²) in [5.41, 5.74) is 2.73. The van der Waals surface area contributed by atoms with Crippen molar-refractivity contribution >= 4 is 34.1 Å². The van der Waals surface area contributed by atoms with Gasteiger partial charge in [0.25, 0.3) is 0 Å². The van der Waals surface area contributed by atoms with E-state index in [1.807, 2.05) is 18.2 Å². The van der Waals surface area contributed by atoms with E-state index in [2.05, 4.69) is 54.5 Å². The van der Waals surface area contributed by atoms with Crippen molar-refractivity contribution in [3.8, 4) is 11.8 Å². The highest BCUT2D eigenvalue weighted by atomic mass is 19.1. The topological polar surface area (TPSA) is 119 Å². The lowest BCUT2D eigenvalue weighted by molar-refractivity contribution is -0.115. The van der Waals surface area contributed by atoms with Crippen LogP contribution in [0.4, 0.5) is 21.7 Å². The fourth-order valence-electron chi connectivity index (χ4n) is 3.73. The molecule has 0 unspecified atom stereocenters. The van der Waals surface area contributed by atoms with Gasteiger partial charge in [-0.1, -0.05) is 18.8 Å². The van der Waals surface area contributed by atoms with Gasteiger partial charge < -0.3 is 20.6 Å². The van der Waals surface area contributed by atoms with Crippen LogP contribution in [-0.2, 0) is 11.2 Å². The third-order valence-electron chi connectivity index (χ3n) is 5.64. The van der Waals surface area contributed by atoms with Crippen molar-refractivity contribution in [3.63, 3.8) is 0 Å². The van der Waals surface area contributed by atoms with Crippen LogP contribution in [0.5, 0.6) is 0 Å². The number of aromatic nitrogens is 4. The van der Waals surface area contributed by atoms with Gasteiger partial charge in [0.05, 0.1) is 18.5 Å². The lowest BCUT2D eigenvalue weighted by Gasteiger charge is -2.16. The third-order valence-corrected chi connectivity index (χ3v) is 5.64. The van der Waals surface area contributed by atoms with Crippen LogP contribution in [-0.4, -0.2) is 62.3 Å². The van der Waals surface area contributed by atoms with E-state index in [0.29, 0.717) is 36.0 Å². The van der Waals surface area contributed by atoms with E-state index in [4.69, 9.17) is 5.11 Å². The minimum absolute atomic E-state index is 0.0780. The molecule has 0 spiro atoms. The second kappa shape index (κ2) is 12.6. The summed E-state index contributed by atoms with van der Waals surface area (Å²) in [4.78, 5) is 23.2. The molecule has 0 aliphatic rings. The van der Waals surface area contributed by atoms with Gasteiger partial charge in [-0.05, 0) is 49.0 Å². The zero-order valence-electron chi connectivity index (χ0n) is 20.5. The van der Waals surface area contributed by atoms with E-state index >= 15 is 0 Å². The number of amides is 1. The number of rotatable bonds is 10. The molecule has 4 rings (SSSR count). The normalized spacial score (nSPS) is 10.8. The maximum atomic E-state index is 13.0. The lowest BCUT2D eigenvalue weighted by atomic mass is 10.1. The Kier molecular flexibility index (Phi) is 8.75. The van der Waals surface area contributed by atoms with Crippen molar-refractivity contribution in [3.05, 3.63) is 71.9 Å². The van der Waals surface area contributed by atoms with E-state index in [1.54, 1.807) is 6.07 Å². The summed E-state index contributed by atoms with van der Waals surface area (Å²) in [6.07, 6.45) is 2.26. The van der Waals surface area contributed by atoms with Gasteiger partial charge >= 0.3 is 0 Å². The first-order valence-electron chi connectivity index (χ1n) is 12.0. The SMILES string of the molecule is CCN(CCO)CCC#Cc1ccc2c(Nc3cc(CC(=O)Nc4ccc(F)cc4)[nH]n3)ncnc2c1. The maximum Gasteiger partial charge on any atom is 0.230 e. The summed E-state index contributed by atoms with van der Waals surface area (Å²) in [6, 6.07) is 13.1. The first kappa shape index (κ1) is 25.8. The Morgan fingerprint density at radius 2 is 1.97 bits per heavy atom. The van der Waals surface area contributed by atoms with Gasteiger partial charge in [-0.15, -0.1) is 0 Å². The predicted octanol–water partition coefficient (Wildman–Crippen LogP) is 3.47. The molecule has 0 bridgehead atoms. The minimum Gasteiger partial charge on any atom is -0.395 e. The molecule has 2 heterocycles. The molecule has 0 aliphatic heterocycles. The molecule has 37 heavy (non-hydrogen) atoms. The van der Waals surface area contributed by atoms with Gasteiger partial charge in [0.15, 0.2) is 5.82 Å². The average molecular weight is 502 g/mol. The molecule has 4 N–H and O–H groups in total. The number of aliphatic hydroxyl groups excluding tert-OH is 1. The molecule has 9 nitrogen and oxygen atoms in total. The molecule has 0 atom stereocenters. The van der Waals surface area contributed by atoms with Crippen LogP contribution >= 0.6 is 0 Å². The van der Waals surface area contributed by atoms with Crippen molar-refractivity contribution in [2.75, 3.05) is 36.9 Å². The van der Waals surface area contributed by atoms with Gasteiger partial charge in [0.1, 0.15) is 18.0 Å². The Balaban J connectivity index is 1.38. The predicted molar refractivity (Wildman–Crippen MR) is 141 cm³/mol. The fraction of sp³-hybridized carbons (Fsp3) is 0.259. The number of benzene rings is 2. The average Bonchev–Trinajstić information content (AvgIpc) is 3.33. The largest absolute Gasteiger partial charge is 0.395 e. The number of H-pyrrole nitrogens is 1. The molecular weight excluding hydrogens is 473 g/mol. The van der Waals surface area contributed by atoms with E-state index in [9.17, 15) is 9.18 Å². The summed E-state index contributed by atoms with van der Waals surface area (Å²) < 4.78 is 13.0. The number of likely N-dealkylation sites (N-methyl/N-ethyl adjacent to an activating group) is 1. The quantitative estimate of drug-likeness (QED) is 0.246. The van der Waals surface area contributed by atoms with Gasteiger partial charge in [0, 0.05) is 47.9 Å². The number of hydrogen-bond acceptors (Lipinski definition) is 7. The molecular formula is C27H28FN7O2. The van der Waals surface area contributed by atoms with Gasteiger partial charge in [-0.2, -0.15) is 5.10 Å². The monoisotopic (exact) mass is 501 g/mol. The minimum atomic E-state index is -0.363. The number of anilines is 3. The smallest absolute Gasteiger partial charge is 0.230 e. The molecule has 190 valence electrons. The van der Waals surface area contributed by atoms with Gasteiger partial charge in [-0.25, -0.2) is 14.4 Å². The summed E-state index contributed by atoms with van der Waals surface area (Å²) in [5.74, 6) is 6.84. The number of carbonyl (C=O) groups is 1. The summed E-state index contributed by atoms with van der Waals surface area (Å²) in [5, 5.41) is 22.9. The zero-order chi connectivity index (χ0) is 26.0. The van der Waals surface area contributed by atoms with Crippen molar-refractivity contribution in [1.29, 1.82) is 0 Å². The van der Waals surface area contributed by atoms with Crippen molar-refractivity contribution in [2.24, 2.45) is 0 Å². The Labute approximate surface area is 214 Å². The number of nitrogens with zero attached hydrogens (tertiary/aromatic N) is 4. The van der Waals surface area contributed by atoms with Crippen LogP contribution in [0.1, 0.15) is 24.6 Å². The summed E-state index contributed by atoms with van der Waals surface area (Å²) in [7, 11) is 0. The van der Waals surface area contributed by atoms with Crippen LogP contribution in [0.25, 0.3) is 10.9 Å². The molecule has 0 radical (unpaired) electrons. The first-order valence-corrected chi connectivity index (χ1v) is 12.0. The van der Waals surface area contributed by atoms with E-state index < -0.39 is 0 Å². The maximum absolute atomic E-state index is 13.0. The van der Waals surface area contributed by atoms with Gasteiger partial charge in [-0.3, -0.25) is 9.89 Å². The fourth-order valence-corrected chi connectivity index (χ4v) is 3.73. The molecule has 1 amide bonds. The van der Waals surface area contributed by atoms with E-state index in [0.717, 1.165) is 29.6 Å². The lowest BCUT2D eigenvalue weighted by Crippen LogP contribution is -2.27. The second-order valence-corrected chi connectivity index (χ2v) is 8.30. The molecule has 0 aliphatic carbocycles. The Bertz CT molecular complexity index is 1410. The molecule has 2 aromatic heterocycles. The number of hydrogen-bond donors (Lipinski definition) is 4. The molecule has 0 saturated heterocycles. The first-order chi connectivity index (χ1) is 18.0. The van der Waals surface area contributed by atoms with Crippen molar-refractivity contribution in [2.45, 2.75) is 19.8 Å². The Morgan fingerprint density at radius 1 is 1.14 bits per heavy atom. The number of fused-ring (bicyclic) bond motifs is 1. The molecule has 4 aromatic rings. The Morgan fingerprint density at radius 3 is 2.76 bits per heavy atom. The van der Waals surface area contributed by atoms with Crippen molar-refractivity contribution < 1.29 is 14.3 Å². The van der Waals surface area contributed by atoms with E-state index in [-0.39, 0.29) is 24.8 Å². The number of aliphatic hydroxyl groups is 1. The highest BCUT2D eigenvalue weighted by molar-refractivity contribution is 5.93. The van der Waals surface area contributed by atoms with Crippen molar-refractivity contribution in [1.82, 2.24) is 25.1 Å². The van der Waals surface area contributed by atoms with E-state index in [1.165, 1.54) is 30.6 Å². The van der Waals surface area contributed by atoms with Gasteiger partial charge in [0.2, 0.25) is 5.91 Å². The number of halogens is 1. The third kappa shape index (κ3) is 7.33. The standard InChI is InChI=1S/C27H28FN7O2/c1-2-35(13-14-36)12-4-3-5-19-6-11-23-24(15-19)29-18-30-27(23)32-25-16-22(33-34-25)17-26(37)31-21-9-7-20(28)8-10-21/h6-11,15-16,18,36H,2,4,12-14,17H2,1H3,(H,31,37)(H2,29,30,32,33,34). The zero-order valence-corrected chi connectivity index (χ0v) is 20.5. The highest BCUT2D eigenvalue weighted by Gasteiger charge is 2.10. The second-order valence-electron chi connectivity index (χ2n) is 8.30. The molecule has 0 saturated carbocycles.